The fraction of sp³-hybridized carbons (Fsp3) is 0.100. The van der Waals surface area contributed by atoms with Crippen molar-refractivity contribution in [2.24, 2.45) is 0 Å². The molecular weight excluding hydrogens is 167 g/mol. The first-order valence-corrected chi connectivity index (χ1v) is 3.61. The van der Waals surface area contributed by atoms with E-state index in [0.29, 0.717) is 11.3 Å². The molecule has 2 N–H and O–H groups in total. The van der Waals surface area contributed by atoms with E-state index in [9.17, 15) is 4.39 Å². The molecule has 64 valence electrons. The van der Waals surface area contributed by atoms with E-state index in [4.69, 9.17) is 11.0 Å². The molecule has 0 fully saturated rings. The lowest BCUT2D eigenvalue weighted by molar-refractivity contribution is 0.623. The predicted octanol–water partition coefficient (Wildman–Crippen LogP) is 1.59. The van der Waals surface area contributed by atoms with E-state index in [2.05, 4.69) is 11.8 Å². The second-order valence-electron chi connectivity index (χ2n) is 2.55. The van der Waals surface area contributed by atoms with Crippen LogP contribution in [0.5, 0.6) is 0 Å². The SMILES string of the molecule is Cc1cc(F)c(C#CC#N)cc1N. The fourth-order valence-corrected chi connectivity index (χ4v) is 0.881. The molecule has 0 heterocycles. The molecule has 0 saturated carbocycles. The van der Waals surface area contributed by atoms with Crippen molar-refractivity contribution in [3.63, 3.8) is 0 Å². The zero-order chi connectivity index (χ0) is 9.84. The number of hydrogen-bond donors (Lipinski definition) is 1. The van der Waals surface area contributed by atoms with Crippen LogP contribution in [0.15, 0.2) is 12.1 Å². The Labute approximate surface area is 75.8 Å². The Kier molecular flexibility index (Phi) is 2.52. The van der Waals surface area contributed by atoms with Crippen molar-refractivity contribution in [2.75, 3.05) is 5.73 Å². The van der Waals surface area contributed by atoms with Gasteiger partial charge in [-0.3, -0.25) is 0 Å². The number of benzene rings is 1. The normalized spacial score (nSPS) is 8.38. The summed E-state index contributed by atoms with van der Waals surface area (Å²) >= 11 is 0. The number of nitrogens with zero attached hydrogens (tertiary/aromatic N) is 1. The number of halogens is 1. The fourth-order valence-electron chi connectivity index (χ4n) is 0.881. The summed E-state index contributed by atoms with van der Waals surface area (Å²) in [6.45, 7) is 1.71. The van der Waals surface area contributed by atoms with Crippen molar-refractivity contribution in [3.8, 4) is 17.9 Å². The molecule has 0 aliphatic heterocycles. The monoisotopic (exact) mass is 174 g/mol. The average molecular weight is 174 g/mol. The molecule has 0 unspecified atom stereocenters. The first kappa shape index (κ1) is 9.09. The summed E-state index contributed by atoms with van der Waals surface area (Å²) in [5.41, 5.74) is 6.84. The molecule has 0 bridgehead atoms. The van der Waals surface area contributed by atoms with Gasteiger partial charge in [0, 0.05) is 11.6 Å². The molecule has 0 saturated heterocycles. The Morgan fingerprint density at radius 3 is 2.77 bits per heavy atom. The van der Waals surface area contributed by atoms with Crippen LogP contribution in [0.3, 0.4) is 0 Å². The van der Waals surface area contributed by atoms with E-state index >= 15 is 0 Å². The molecule has 2 nitrogen and oxygen atoms in total. The Morgan fingerprint density at radius 1 is 1.46 bits per heavy atom. The molecule has 0 aliphatic carbocycles. The van der Waals surface area contributed by atoms with Gasteiger partial charge in [-0.2, -0.15) is 5.26 Å². The van der Waals surface area contributed by atoms with Crippen molar-refractivity contribution < 1.29 is 4.39 Å². The number of aryl methyl sites for hydroxylation is 1. The summed E-state index contributed by atoms with van der Waals surface area (Å²) in [5, 5.41) is 8.17. The molecule has 13 heavy (non-hydrogen) atoms. The third-order valence-corrected chi connectivity index (χ3v) is 1.61. The van der Waals surface area contributed by atoms with E-state index in [0.717, 1.165) is 0 Å². The molecule has 0 aromatic heterocycles. The first-order chi connectivity index (χ1) is 6.15. The predicted molar refractivity (Wildman–Crippen MR) is 48.0 cm³/mol. The lowest BCUT2D eigenvalue weighted by Crippen LogP contribution is -1.93. The van der Waals surface area contributed by atoms with Crippen LogP contribution in [0.1, 0.15) is 11.1 Å². The van der Waals surface area contributed by atoms with Crippen molar-refractivity contribution in [1.82, 2.24) is 0 Å². The highest BCUT2D eigenvalue weighted by Crippen LogP contribution is 2.15. The molecule has 0 spiro atoms. The first-order valence-electron chi connectivity index (χ1n) is 3.61. The van der Waals surface area contributed by atoms with Crippen LogP contribution in [0.2, 0.25) is 0 Å². The van der Waals surface area contributed by atoms with Gasteiger partial charge in [0.15, 0.2) is 6.07 Å². The molecule has 1 rings (SSSR count). The summed E-state index contributed by atoms with van der Waals surface area (Å²) in [5.74, 6) is 4.03. The molecule has 0 radical (unpaired) electrons. The third-order valence-electron chi connectivity index (χ3n) is 1.61. The van der Waals surface area contributed by atoms with Gasteiger partial charge in [0.2, 0.25) is 0 Å². The van der Waals surface area contributed by atoms with Crippen molar-refractivity contribution in [3.05, 3.63) is 29.1 Å². The molecule has 1 aromatic carbocycles. The largest absolute Gasteiger partial charge is 0.398 e. The van der Waals surface area contributed by atoms with Gasteiger partial charge in [0.1, 0.15) is 5.82 Å². The van der Waals surface area contributed by atoms with Crippen LogP contribution in [-0.2, 0) is 0 Å². The number of nitriles is 1. The zero-order valence-corrected chi connectivity index (χ0v) is 7.06. The minimum absolute atomic E-state index is 0.157. The highest BCUT2D eigenvalue weighted by atomic mass is 19.1. The van der Waals surface area contributed by atoms with Crippen molar-refractivity contribution >= 4 is 5.69 Å². The van der Waals surface area contributed by atoms with E-state index in [1.807, 2.05) is 0 Å². The van der Waals surface area contributed by atoms with E-state index in [1.54, 1.807) is 13.0 Å². The summed E-state index contributed by atoms with van der Waals surface area (Å²) < 4.78 is 13.1. The van der Waals surface area contributed by atoms with Gasteiger partial charge in [-0.05, 0) is 30.5 Å². The minimum atomic E-state index is -0.450. The van der Waals surface area contributed by atoms with Gasteiger partial charge < -0.3 is 5.73 Å². The molecule has 0 aliphatic rings. The maximum Gasteiger partial charge on any atom is 0.152 e. The molecule has 0 atom stereocenters. The maximum atomic E-state index is 13.1. The second-order valence-corrected chi connectivity index (χ2v) is 2.55. The highest BCUT2D eigenvalue weighted by molar-refractivity contribution is 5.53. The number of anilines is 1. The van der Waals surface area contributed by atoms with Crippen molar-refractivity contribution in [1.29, 1.82) is 5.26 Å². The summed E-state index contributed by atoms with van der Waals surface area (Å²) in [4.78, 5) is 0. The molecule has 1 aromatic rings. The van der Waals surface area contributed by atoms with Gasteiger partial charge >= 0.3 is 0 Å². The maximum absolute atomic E-state index is 13.1. The Balaban J connectivity index is 3.25. The van der Waals surface area contributed by atoms with Gasteiger partial charge in [0.25, 0.3) is 0 Å². The number of nitrogen functional groups attached to an aromatic ring is 1. The molecular formula is C10H7FN2. The summed E-state index contributed by atoms with van der Waals surface area (Å²) in [6, 6.07) is 4.34. The summed E-state index contributed by atoms with van der Waals surface area (Å²) in [6.07, 6.45) is 0. The van der Waals surface area contributed by atoms with E-state index in [1.165, 1.54) is 12.1 Å². The quantitative estimate of drug-likeness (QED) is 0.479. The van der Waals surface area contributed by atoms with Gasteiger partial charge in [-0.25, -0.2) is 4.39 Å². The summed E-state index contributed by atoms with van der Waals surface area (Å²) in [7, 11) is 0. The van der Waals surface area contributed by atoms with Crippen LogP contribution in [0.25, 0.3) is 0 Å². The number of rotatable bonds is 0. The average Bonchev–Trinajstić information content (AvgIpc) is 2.09. The number of nitrogens with two attached hydrogens (primary N) is 1. The molecule has 0 amide bonds. The topological polar surface area (TPSA) is 49.8 Å². The minimum Gasteiger partial charge on any atom is -0.398 e. The zero-order valence-electron chi connectivity index (χ0n) is 7.06. The van der Waals surface area contributed by atoms with Crippen LogP contribution < -0.4 is 5.73 Å². The van der Waals surface area contributed by atoms with E-state index in [-0.39, 0.29) is 5.56 Å². The highest BCUT2D eigenvalue weighted by Gasteiger charge is 2.02. The second kappa shape index (κ2) is 3.60. The van der Waals surface area contributed by atoms with Gasteiger partial charge in [-0.1, -0.05) is 0 Å². The van der Waals surface area contributed by atoms with Crippen LogP contribution in [0, 0.1) is 35.9 Å². The Morgan fingerprint density at radius 2 is 2.15 bits per heavy atom. The van der Waals surface area contributed by atoms with Crippen LogP contribution >= 0.6 is 0 Å². The smallest absolute Gasteiger partial charge is 0.152 e. The van der Waals surface area contributed by atoms with Crippen LogP contribution in [-0.4, -0.2) is 0 Å². The number of hydrogen-bond acceptors (Lipinski definition) is 2. The van der Waals surface area contributed by atoms with E-state index < -0.39 is 5.82 Å². The molecule has 3 heteroatoms. The van der Waals surface area contributed by atoms with Crippen molar-refractivity contribution in [2.45, 2.75) is 6.92 Å². The Bertz CT molecular complexity index is 433. The van der Waals surface area contributed by atoms with Gasteiger partial charge in [0.05, 0.1) is 5.56 Å². The lowest BCUT2D eigenvalue weighted by atomic mass is 10.1. The third kappa shape index (κ3) is 1.98. The standard InChI is InChI=1S/C10H7FN2/c1-7-5-9(11)8(3-2-4-12)6-10(7)13/h5-6H,13H2,1H3. The van der Waals surface area contributed by atoms with Crippen LogP contribution in [0.4, 0.5) is 10.1 Å². The van der Waals surface area contributed by atoms with Gasteiger partial charge in [-0.15, -0.1) is 0 Å². The lowest BCUT2D eigenvalue weighted by Gasteiger charge is -2.00. The Hall–Kier alpha value is -2.00.